The molecule has 0 aliphatic rings. The number of aryl methyl sites for hydroxylation is 1. The molecular weight excluding hydrogens is 501 g/mol. The van der Waals surface area contributed by atoms with E-state index >= 15 is 0 Å². The van der Waals surface area contributed by atoms with E-state index in [9.17, 15) is 13.2 Å². The van der Waals surface area contributed by atoms with Crippen molar-refractivity contribution in [1.82, 2.24) is 9.62 Å². The maximum Gasteiger partial charge on any atom is 0.261 e. The molecule has 0 unspecified atom stereocenters. The second-order valence-electron chi connectivity index (χ2n) is 7.03. The van der Waals surface area contributed by atoms with Crippen molar-refractivity contribution in [2.45, 2.75) is 26.1 Å². The third-order valence-corrected chi connectivity index (χ3v) is 10.1. The Labute approximate surface area is 204 Å². The first-order valence-electron chi connectivity index (χ1n) is 9.91. The summed E-state index contributed by atoms with van der Waals surface area (Å²) in [4.78, 5) is 16.3. The zero-order valence-corrected chi connectivity index (χ0v) is 21.2. The molecule has 4 rings (SSSR count). The normalized spacial score (nSPS) is 11.8. The quantitative estimate of drug-likeness (QED) is 0.285. The first kappa shape index (κ1) is 23.3. The van der Waals surface area contributed by atoms with E-state index in [4.69, 9.17) is 0 Å². The molecule has 168 valence electrons. The highest BCUT2D eigenvalue weighted by molar-refractivity contribution is 7.89. The Morgan fingerprint density at radius 3 is 1.97 bits per heavy atom. The molecule has 10 heteroatoms. The fourth-order valence-corrected chi connectivity index (χ4v) is 7.69. The summed E-state index contributed by atoms with van der Waals surface area (Å²) >= 11 is 6.05. The zero-order chi connectivity index (χ0) is 22.4. The van der Waals surface area contributed by atoms with Gasteiger partial charge in [0.15, 0.2) is 0 Å². The van der Waals surface area contributed by atoms with Crippen molar-refractivity contribution in [2.75, 3.05) is 5.75 Å². The highest BCUT2D eigenvalue weighted by atomic mass is 32.2. The third kappa shape index (κ3) is 6.15. The topological polar surface area (TPSA) is 66.5 Å². The molecule has 0 spiro atoms. The maximum atomic E-state index is 13.3. The molecule has 5 nitrogen and oxygen atoms in total. The van der Waals surface area contributed by atoms with Gasteiger partial charge in [0.25, 0.3) is 5.91 Å². The Bertz CT molecular complexity index is 1170. The van der Waals surface area contributed by atoms with E-state index < -0.39 is 10.0 Å². The predicted octanol–water partition coefficient (Wildman–Crippen LogP) is 5.44. The van der Waals surface area contributed by atoms with Crippen LogP contribution in [0.15, 0.2) is 64.0 Å². The molecule has 0 aliphatic heterocycles. The number of nitrogens with zero attached hydrogens (tertiary/aromatic N) is 1. The number of carbonyl (C=O) groups is 1. The molecule has 4 aromatic rings. The average molecular weight is 523 g/mol. The van der Waals surface area contributed by atoms with Crippen LogP contribution in [0.5, 0.6) is 0 Å². The van der Waals surface area contributed by atoms with Gasteiger partial charge in [-0.15, -0.1) is 45.3 Å². The summed E-state index contributed by atoms with van der Waals surface area (Å²) in [5.74, 6) is -0.194. The van der Waals surface area contributed by atoms with Crippen molar-refractivity contribution in [1.29, 1.82) is 0 Å². The van der Waals surface area contributed by atoms with E-state index in [1.165, 1.54) is 11.3 Å². The molecule has 0 atom stereocenters. The van der Waals surface area contributed by atoms with Gasteiger partial charge in [0.2, 0.25) is 10.0 Å². The number of nitrogens with one attached hydrogen (secondary N) is 1. The molecule has 4 aromatic heterocycles. The van der Waals surface area contributed by atoms with Crippen LogP contribution in [-0.2, 0) is 36.1 Å². The van der Waals surface area contributed by atoms with E-state index in [2.05, 4.69) is 5.32 Å². The van der Waals surface area contributed by atoms with Crippen molar-refractivity contribution in [3.63, 3.8) is 0 Å². The van der Waals surface area contributed by atoms with Gasteiger partial charge in [0.1, 0.15) is 0 Å². The van der Waals surface area contributed by atoms with Gasteiger partial charge in [-0.3, -0.25) is 4.79 Å². The maximum absolute atomic E-state index is 13.3. The van der Waals surface area contributed by atoms with Gasteiger partial charge in [-0.1, -0.05) is 18.2 Å². The minimum Gasteiger partial charge on any atom is -0.346 e. The summed E-state index contributed by atoms with van der Waals surface area (Å²) in [6.07, 6.45) is 0.305. The number of carbonyl (C=O) groups excluding carboxylic acids is 1. The highest BCUT2D eigenvalue weighted by Crippen LogP contribution is 2.23. The smallest absolute Gasteiger partial charge is 0.261 e. The van der Waals surface area contributed by atoms with Crippen LogP contribution in [0.4, 0.5) is 0 Å². The lowest BCUT2D eigenvalue weighted by Crippen LogP contribution is -2.32. The first-order valence-corrected chi connectivity index (χ1v) is 15.0. The van der Waals surface area contributed by atoms with E-state index in [0.29, 0.717) is 30.9 Å². The monoisotopic (exact) mass is 522 g/mol. The van der Waals surface area contributed by atoms with Gasteiger partial charge >= 0.3 is 0 Å². The summed E-state index contributed by atoms with van der Waals surface area (Å²) in [6, 6.07) is 13.6. The molecule has 0 bridgehead atoms. The average Bonchev–Trinajstić information content (AvgIpc) is 3.58. The number of sulfonamides is 1. The van der Waals surface area contributed by atoms with Crippen LogP contribution < -0.4 is 5.32 Å². The predicted molar refractivity (Wildman–Crippen MR) is 135 cm³/mol. The second kappa shape index (κ2) is 10.9. The standard InChI is InChI=1S/C22H22N2O3S5/c25-22(23-14-18-4-1-9-28-18)21-17(7-12-31-21)8-13-32(26,27)24(15-19-5-2-10-29-19)16-20-6-3-11-30-20/h1-7,9-12H,8,13-16H2,(H,23,25). The van der Waals surface area contributed by atoms with Gasteiger partial charge in [0, 0.05) is 27.7 Å². The lowest BCUT2D eigenvalue weighted by Gasteiger charge is -2.21. The first-order chi connectivity index (χ1) is 15.5. The van der Waals surface area contributed by atoms with Gasteiger partial charge < -0.3 is 5.32 Å². The number of hydrogen-bond acceptors (Lipinski definition) is 7. The van der Waals surface area contributed by atoms with Crippen LogP contribution in [0.25, 0.3) is 0 Å². The summed E-state index contributed by atoms with van der Waals surface area (Å²) < 4.78 is 28.1. The van der Waals surface area contributed by atoms with Crippen LogP contribution in [0.2, 0.25) is 0 Å². The number of amides is 1. The molecule has 32 heavy (non-hydrogen) atoms. The Hall–Kier alpha value is -1.82. The lowest BCUT2D eigenvalue weighted by molar-refractivity contribution is 0.0954. The minimum atomic E-state index is -3.52. The van der Waals surface area contributed by atoms with Crippen LogP contribution in [0, 0.1) is 0 Å². The molecule has 1 amide bonds. The summed E-state index contributed by atoms with van der Waals surface area (Å²) in [5.41, 5.74) is 0.773. The van der Waals surface area contributed by atoms with E-state index in [1.807, 2.05) is 64.0 Å². The Morgan fingerprint density at radius 2 is 1.41 bits per heavy atom. The van der Waals surface area contributed by atoms with E-state index in [0.717, 1.165) is 20.2 Å². The van der Waals surface area contributed by atoms with Crippen molar-refractivity contribution in [3.8, 4) is 0 Å². The van der Waals surface area contributed by atoms with Crippen LogP contribution in [-0.4, -0.2) is 24.4 Å². The number of hydrogen-bond donors (Lipinski definition) is 1. The second-order valence-corrected chi connectivity index (χ2v) is 13.1. The largest absolute Gasteiger partial charge is 0.346 e. The van der Waals surface area contributed by atoms with Gasteiger partial charge in [0.05, 0.1) is 17.2 Å². The molecule has 0 aromatic carbocycles. The SMILES string of the molecule is O=C(NCc1cccs1)c1sccc1CCS(=O)(=O)N(Cc1cccs1)Cc1cccs1. The van der Waals surface area contributed by atoms with Gasteiger partial charge in [-0.25, -0.2) is 8.42 Å². The summed E-state index contributed by atoms with van der Waals surface area (Å²) in [6.45, 7) is 1.19. The highest BCUT2D eigenvalue weighted by Gasteiger charge is 2.24. The Balaban J connectivity index is 1.43. The van der Waals surface area contributed by atoms with Crippen molar-refractivity contribution in [2.24, 2.45) is 0 Å². The number of rotatable bonds is 11. The Morgan fingerprint density at radius 1 is 0.812 bits per heavy atom. The fourth-order valence-electron chi connectivity index (χ4n) is 3.17. The molecule has 0 radical (unpaired) electrons. The number of thiophene rings is 4. The zero-order valence-electron chi connectivity index (χ0n) is 17.1. The minimum absolute atomic E-state index is 0.0360. The van der Waals surface area contributed by atoms with Crippen molar-refractivity contribution < 1.29 is 13.2 Å². The fraction of sp³-hybridized carbons (Fsp3) is 0.227. The summed E-state index contributed by atoms with van der Waals surface area (Å²) in [7, 11) is -3.52. The summed E-state index contributed by atoms with van der Waals surface area (Å²) in [5, 5.41) is 10.7. The van der Waals surface area contributed by atoms with Crippen LogP contribution in [0.3, 0.4) is 0 Å². The van der Waals surface area contributed by atoms with Crippen molar-refractivity contribution >= 4 is 61.3 Å². The molecule has 0 saturated heterocycles. The van der Waals surface area contributed by atoms with Crippen LogP contribution >= 0.6 is 45.3 Å². The van der Waals surface area contributed by atoms with E-state index in [-0.39, 0.29) is 11.7 Å². The van der Waals surface area contributed by atoms with Crippen LogP contribution in [0.1, 0.15) is 29.9 Å². The molecule has 4 heterocycles. The van der Waals surface area contributed by atoms with Gasteiger partial charge in [-0.05, 0) is 57.8 Å². The molecule has 1 N–H and O–H groups in total. The third-order valence-electron chi connectivity index (χ3n) is 4.80. The molecular formula is C22H22N2O3S5. The van der Waals surface area contributed by atoms with Gasteiger partial charge in [-0.2, -0.15) is 4.31 Å². The lowest BCUT2D eigenvalue weighted by atomic mass is 10.2. The molecule has 0 aliphatic carbocycles. The van der Waals surface area contributed by atoms with E-state index in [1.54, 1.807) is 38.3 Å². The van der Waals surface area contributed by atoms with Crippen molar-refractivity contribution in [3.05, 3.63) is 89.1 Å². The molecule has 0 saturated carbocycles. The Kier molecular flexibility index (Phi) is 7.93. The molecule has 0 fully saturated rings.